The normalized spacial score (nSPS) is 23.9. The molecule has 2 heterocycles. The largest absolute Gasteiger partial charge is 0.317 e. The molecule has 1 aromatic heterocycles. The smallest absolute Gasteiger partial charge is 0.0690 e. The van der Waals surface area contributed by atoms with Gasteiger partial charge in [0, 0.05) is 11.3 Å². The number of pyridine rings is 1. The van der Waals surface area contributed by atoms with Crippen LogP contribution >= 0.6 is 11.6 Å². The number of piperidine rings is 1. The molecule has 0 radical (unpaired) electrons. The molecule has 1 atom stereocenters. The molecular weight excluding hydrogens is 282 g/mol. The Morgan fingerprint density at radius 2 is 2.10 bits per heavy atom. The van der Waals surface area contributed by atoms with Crippen LogP contribution in [0.25, 0.3) is 0 Å². The molecule has 1 saturated heterocycles. The minimum Gasteiger partial charge on any atom is -0.317 e. The van der Waals surface area contributed by atoms with Crippen molar-refractivity contribution in [1.82, 2.24) is 10.3 Å². The Morgan fingerprint density at radius 3 is 2.71 bits per heavy atom. The molecule has 1 aliphatic heterocycles. The second-order valence-electron chi connectivity index (χ2n) is 7.11. The third-order valence-electron chi connectivity index (χ3n) is 5.37. The van der Waals surface area contributed by atoms with Gasteiger partial charge in [0.15, 0.2) is 0 Å². The van der Waals surface area contributed by atoms with Crippen LogP contribution in [-0.4, -0.2) is 18.1 Å². The molecule has 1 spiro atoms. The highest BCUT2D eigenvalue weighted by molar-refractivity contribution is 6.31. The minimum atomic E-state index is -0.386. The first kappa shape index (κ1) is 14.8. The first-order chi connectivity index (χ1) is 9.89. The molecule has 1 unspecified atom stereocenters. The maximum absolute atomic E-state index is 9.57. The molecule has 0 aromatic carbocycles. The molecule has 1 aliphatic carbocycles. The van der Waals surface area contributed by atoms with Gasteiger partial charge in [-0.15, -0.1) is 0 Å². The fourth-order valence-electron chi connectivity index (χ4n) is 3.95. The standard InChI is InChI=1S/C17H22ClN3/c1-11-14(18)8-12-13(16(2,3)10-19)9-17(15(12)21-11)4-6-20-7-5-17/h8,13,20H,4-7,9H2,1-3H3. The number of aromatic nitrogens is 1. The van der Waals surface area contributed by atoms with Gasteiger partial charge >= 0.3 is 0 Å². The molecule has 0 bridgehead atoms. The van der Waals surface area contributed by atoms with Crippen LogP contribution in [0.4, 0.5) is 0 Å². The average molecular weight is 304 g/mol. The summed E-state index contributed by atoms with van der Waals surface area (Å²) in [6, 6.07) is 4.56. The molecule has 2 aliphatic rings. The van der Waals surface area contributed by atoms with Crippen molar-refractivity contribution < 1.29 is 0 Å². The highest BCUT2D eigenvalue weighted by atomic mass is 35.5. The Balaban J connectivity index is 2.15. The number of rotatable bonds is 1. The van der Waals surface area contributed by atoms with Crippen LogP contribution in [0.2, 0.25) is 5.02 Å². The molecule has 1 aromatic rings. The van der Waals surface area contributed by atoms with Crippen LogP contribution in [0.1, 0.15) is 56.0 Å². The van der Waals surface area contributed by atoms with Gasteiger partial charge in [0.1, 0.15) is 0 Å². The van der Waals surface area contributed by atoms with E-state index in [1.165, 1.54) is 11.3 Å². The second kappa shape index (κ2) is 4.97. The van der Waals surface area contributed by atoms with Crippen LogP contribution in [0.15, 0.2) is 6.07 Å². The van der Waals surface area contributed by atoms with Crippen LogP contribution in [-0.2, 0) is 5.41 Å². The van der Waals surface area contributed by atoms with Crippen molar-refractivity contribution in [3.8, 4) is 6.07 Å². The molecular formula is C17H22ClN3. The third kappa shape index (κ3) is 2.25. The van der Waals surface area contributed by atoms with Gasteiger partial charge in [0.2, 0.25) is 0 Å². The first-order valence-electron chi connectivity index (χ1n) is 7.69. The summed E-state index contributed by atoms with van der Waals surface area (Å²) in [6.45, 7) is 8.11. The number of fused-ring (bicyclic) bond motifs is 2. The number of nitriles is 1. The van der Waals surface area contributed by atoms with E-state index in [1.807, 2.05) is 20.8 Å². The van der Waals surface area contributed by atoms with E-state index in [2.05, 4.69) is 17.5 Å². The van der Waals surface area contributed by atoms with Crippen LogP contribution in [0.5, 0.6) is 0 Å². The Bertz CT molecular complexity index is 609. The van der Waals surface area contributed by atoms with Gasteiger partial charge in [-0.05, 0) is 64.8 Å². The van der Waals surface area contributed by atoms with Gasteiger partial charge in [0.25, 0.3) is 0 Å². The number of nitrogens with zero attached hydrogens (tertiary/aromatic N) is 2. The first-order valence-corrected chi connectivity index (χ1v) is 8.07. The summed E-state index contributed by atoms with van der Waals surface area (Å²) in [5.41, 5.74) is 3.07. The van der Waals surface area contributed by atoms with E-state index in [4.69, 9.17) is 16.6 Å². The van der Waals surface area contributed by atoms with Gasteiger partial charge < -0.3 is 5.32 Å². The number of hydrogen-bond donors (Lipinski definition) is 1. The van der Waals surface area contributed by atoms with Crippen LogP contribution < -0.4 is 5.32 Å². The predicted molar refractivity (Wildman–Crippen MR) is 84.5 cm³/mol. The molecule has 4 heteroatoms. The van der Waals surface area contributed by atoms with Crippen molar-refractivity contribution in [3.63, 3.8) is 0 Å². The SMILES string of the molecule is Cc1nc2c(cc1Cl)C(C(C)(C)C#N)CC21CCNCC1. The number of halogens is 1. The van der Waals surface area contributed by atoms with Crippen molar-refractivity contribution in [2.24, 2.45) is 5.41 Å². The topological polar surface area (TPSA) is 48.7 Å². The van der Waals surface area contributed by atoms with Crippen LogP contribution in [0.3, 0.4) is 0 Å². The molecule has 1 N–H and O–H groups in total. The van der Waals surface area contributed by atoms with Crippen molar-refractivity contribution in [3.05, 3.63) is 28.0 Å². The summed E-state index contributed by atoms with van der Waals surface area (Å²) in [5.74, 6) is 0.223. The Morgan fingerprint density at radius 1 is 1.43 bits per heavy atom. The van der Waals surface area contributed by atoms with Crippen molar-refractivity contribution >= 4 is 11.6 Å². The summed E-state index contributed by atoms with van der Waals surface area (Å²) in [4.78, 5) is 4.86. The van der Waals surface area contributed by atoms with E-state index in [1.54, 1.807) is 0 Å². The molecule has 3 nitrogen and oxygen atoms in total. The lowest BCUT2D eigenvalue weighted by Gasteiger charge is -2.35. The maximum atomic E-state index is 9.57. The molecule has 21 heavy (non-hydrogen) atoms. The zero-order valence-electron chi connectivity index (χ0n) is 13.0. The van der Waals surface area contributed by atoms with Crippen LogP contribution in [0, 0.1) is 23.7 Å². The summed E-state index contributed by atoms with van der Waals surface area (Å²) in [6.07, 6.45) is 3.23. The average Bonchev–Trinajstić information content (AvgIpc) is 2.76. The van der Waals surface area contributed by atoms with E-state index in [0.717, 1.165) is 43.1 Å². The Labute approximate surface area is 131 Å². The minimum absolute atomic E-state index is 0.134. The van der Waals surface area contributed by atoms with Gasteiger partial charge in [-0.25, -0.2) is 0 Å². The molecule has 112 valence electrons. The third-order valence-corrected chi connectivity index (χ3v) is 5.76. The van der Waals surface area contributed by atoms with E-state index in [9.17, 15) is 5.26 Å². The molecule has 0 amide bonds. The number of nitrogens with one attached hydrogen (secondary N) is 1. The molecule has 0 saturated carbocycles. The van der Waals surface area contributed by atoms with Gasteiger partial charge in [-0.2, -0.15) is 5.26 Å². The Hall–Kier alpha value is -1.11. The predicted octanol–water partition coefficient (Wildman–Crippen LogP) is 3.70. The summed E-state index contributed by atoms with van der Waals surface area (Å²) < 4.78 is 0. The summed E-state index contributed by atoms with van der Waals surface area (Å²) in [7, 11) is 0. The quantitative estimate of drug-likeness (QED) is 0.860. The highest BCUT2D eigenvalue weighted by Crippen LogP contribution is 2.56. The lowest BCUT2D eigenvalue weighted by molar-refractivity contribution is 0.254. The summed E-state index contributed by atoms with van der Waals surface area (Å²) in [5, 5.41) is 13.7. The van der Waals surface area contributed by atoms with Crippen molar-refractivity contribution in [2.75, 3.05) is 13.1 Å². The van der Waals surface area contributed by atoms with Crippen molar-refractivity contribution in [2.45, 2.75) is 51.4 Å². The van der Waals surface area contributed by atoms with Gasteiger partial charge in [-0.1, -0.05) is 11.6 Å². The maximum Gasteiger partial charge on any atom is 0.0690 e. The van der Waals surface area contributed by atoms with Gasteiger partial charge in [-0.3, -0.25) is 4.98 Å². The lowest BCUT2D eigenvalue weighted by atomic mass is 9.71. The highest BCUT2D eigenvalue weighted by Gasteiger charge is 2.50. The van der Waals surface area contributed by atoms with Gasteiger partial charge in [0.05, 0.1) is 27.9 Å². The Kier molecular flexibility index (Phi) is 3.50. The summed E-state index contributed by atoms with van der Waals surface area (Å²) >= 11 is 6.32. The van der Waals surface area contributed by atoms with E-state index >= 15 is 0 Å². The van der Waals surface area contributed by atoms with E-state index < -0.39 is 0 Å². The zero-order valence-corrected chi connectivity index (χ0v) is 13.7. The van der Waals surface area contributed by atoms with E-state index in [0.29, 0.717) is 0 Å². The lowest BCUT2D eigenvalue weighted by Crippen LogP contribution is -2.39. The second-order valence-corrected chi connectivity index (χ2v) is 7.52. The monoisotopic (exact) mass is 303 g/mol. The molecule has 3 rings (SSSR count). The van der Waals surface area contributed by atoms with E-state index in [-0.39, 0.29) is 16.7 Å². The number of hydrogen-bond acceptors (Lipinski definition) is 3. The fraction of sp³-hybridized carbons (Fsp3) is 0.647. The fourth-order valence-corrected chi connectivity index (χ4v) is 4.11. The zero-order chi connectivity index (χ0) is 15.3. The number of aryl methyl sites for hydroxylation is 1. The van der Waals surface area contributed by atoms with Crippen molar-refractivity contribution in [1.29, 1.82) is 5.26 Å². The molecule has 1 fully saturated rings.